The molecule has 1 fully saturated rings. The summed E-state index contributed by atoms with van der Waals surface area (Å²) in [7, 11) is 1.77. The molecule has 1 aliphatic carbocycles. The summed E-state index contributed by atoms with van der Waals surface area (Å²) in [6.45, 7) is 3.17. The first-order valence-electron chi connectivity index (χ1n) is 10.1. The van der Waals surface area contributed by atoms with Crippen LogP contribution in [0.3, 0.4) is 0 Å². The number of hydrogen-bond donors (Lipinski definition) is 1. The molecule has 1 amide bonds. The van der Waals surface area contributed by atoms with Crippen molar-refractivity contribution in [3.63, 3.8) is 0 Å². The van der Waals surface area contributed by atoms with E-state index in [1.54, 1.807) is 25.6 Å². The van der Waals surface area contributed by atoms with Gasteiger partial charge < -0.3 is 10.1 Å². The Hall–Kier alpha value is -3.37. The molecule has 170 valence electrons. The molecule has 1 unspecified atom stereocenters. The van der Waals surface area contributed by atoms with Gasteiger partial charge in [0.2, 0.25) is 5.91 Å². The van der Waals surface area contributed by atoms with Crippen LogP contribution in [-0.4, -0.2) is 31.8 Å². The third-order valence-corrected chi connectivity index (χ3v) is 5.38. The van der Waals surface area contributed by atoms with Gasteiger partial charge in [-0.3, -0.25) is 14.3 Å². The number of nitrogens with one attached hydrogen (secondary N) is 1. The van der Waals surface area contributed by atoms with Crippen molar-refractivity contribution in [2.75, 3.05) is 0 Å². The van der Waals surface area contributed by atoms with Gasteiger partial charge in [-0.2, -0.15) is 10.2 Å². The number of carbonyl (C=O) groups excluding carboxylic acids is 1. The van der Waals surface area contributed by atoms with Gasteiger partial charge in [0.15, 0.2) is 0 Å². The smallest absolute Gasteiger partial charge is 0.406 e. The Morgan fingerprint density at radius 3 is 2.50 bits per heavy atom. The van der Waals surface area contributed by atoms with Crippen LogP contribution >= 0.6 is 0 Å². The van der Waals surface area contributed by atoms with Gasteiger partial charge in [0.25, 0.3) is 5.56 Å². The number of ether oxygens (including phenoxy) is 1. The summed E-state index contributed by atoms with van der Waals surface area (Å²) in [5.41, 5.74) is 2.24. The second kappa shape index (κ2) is 7.95. The molecule has 1 atom stereocenters. The van der Waals surface area contributed by atoms with E-state index >= 15 is 0 Å². The highest BCUT2D eigenvalue weighted by molar-refractivity contribution is 5.84. The van der Waals surface area contributed by atoms with E-state index in [0.29, 0.717) is 22.2 Å². The van der Waals surface area contributed by atoms with E-state index in [1.807, 2.05) is 0 Å². The number of halogens is 3. The van der Waals surface area contributed by atoms with E-state index in [0.717, 1.165) is 23.2 Å². The first kappa shape index (κ1) is 21.8. The molecule has 0 spiro atoms. The Morgan fingerprint density at radius 2 is 1.91 bits per heavy atom. The quantitative estimate of drug-likeness (QED) is 0.625. The molecular formula is C21H22F3N5O3. The SMILES string of the molecule is Cc1nn(CC(=O)NC(C)c2ccc(OC(F)(F)F)cc2)c(=O)c2c(C3CC3)nn(C)c12. The van der Waals surface area contributed by atoms with Crippen molar-refractivity contribution in [1.29, 1.82) is 0 Å². The number of fused-ring (bicyclic) bond motifs is 1. The van der Waals surface area contributed by atoms with E-state index in [-0.39, 0.29) is 23.8 Å². The average Bonchev–Trinajstić information content (AvgIpc) is 3.47. The second-order valence-electron chi connectivity index (χ2n) is 7.96. The summed E-state index contributed by atoms with van der Waals surface area (Å²) in [6, 6.07) is 4.73. The molecule has 2 aromatic heterocycles. The molecule has 3 aromatic rings. The van der Waals surface area contributed by atoms with Crippen molar-refractivity contribution < 1.29 is 22.7 Å². The molecule has 1 saturated carbocycles. The molecule has 0 aliphatic heterocycles. The minimum absolute atomic E-state index is 0.264. The van der Waals surface area contributed by atoms with Crippen molar-refractivity contribution in [2.45, 2.75) is 51.6 Å². The van der Waals surface area contributed by atoms with Crippen LogP contribution in [0, 0.1) is 6.92 Å². The van der Waals surface area contributed by atoms with Gasteiger partial charge in [-0.25, -0.2) is 4.68 Å². The molecule has 1 aromatic carbocycles. The Labute approximate surface area is 181 Å². The summed E-state index contributed by atoms with van der Waals surface area (Å²) < 4.78 is 43.5. The van der Waals surface area contributed by atoms with Crippen LogP contribution in [0.1, 0.15) is 48.7 Å². The van der Waals surface area contributed by atoms with Crippen molar-refractivity contribution in [1.82, 2.24) is 24.9 Å². The molecule has 1 aliphatic rings. The lowest BCUT2D eigenvalue weighted by Gasteiger charge is -2.16. The number of carbonyl (C=O) groups is 1. The Kier molecular flexibility index (Phi) is 5.43. The second-order valence-corrected chi connectivity index (χ2v) is 7.96. The van der Waals surface area contributed by atoms with Crippen LogP contribution in [0.5, 0.6) is 5.75 Å². The zero-order chi connectivity index (χ0) is 23.2. The summed E-state index contributed by atoms with van der Waals surface area (Å²) in [5, 5.41) is 12.0. The van der Waals surface area contributed by atoms with Gasteiger partial charge in [-0.15, -0.1) is 13.2 Å². The summed E-state index contributed by atoms with van der Waals surface area (Å²) in [4.78, 5) is 25.6. The van der Waals surface area contributed by atoms with E-state index < -0.39 is 18.3 Å². The fourth-order valence-electron chi connectivity index (χ4n) is 3.79. The number of rotatable bonds is 6. The third kappa shape index (κ3) is 4.46. The van der Waals surface area contributed by atoms with Gasteiger partial charge in [0.1, 0.15) is 12.3 Å². The normalized spacial score (nSPS) is 15.1. The van der Waals surface area contributed by atoms with Gasteiger partial charge in [-0.1, -0.05) is 12.1 Å². The number of benzene rings is 1. The van der Waals surface area contributed by atoms with Crippen molar-refractivity contribution in [3.8, 4) is 5.75 Å². The monoisotopic (exact) mass is 449 g/mol. The molecule has 1 N–H and O–H groups in total. The standard InChI is InChI=1S/C21H22F3N5O3/c1-11(13-6-8-15(9-7-13)32-21(22,23)24)25-16(30)10-29-20(31)17-18(14-4-5-14)27-28(3)19(17)12(2)26-29/h6-9,11,14H,4-5,10H2,1-3H3,(H,25,30). The van der Waals surface area contributed by atoms with Gasteiger partial charge in [-0.05, 0) is 44.4 Å². The number of amides is 1. The molecule has 0 radical (unpaired) electrons. The highest BCUT2D eigenvalue weighted by Crippen LogP contribution is 2.41. The minimum Gasteiger partial charge on any atom is -0.406 e. The van der Waals surface area contributed by atoms with Gasteiger partial charge in [0, 0.05) is 13.0 Å². The van der Waals surface area contributed by atoms with Crippen molar-refractivity contribution in [3.05, 3.63) is 51.6 Å². The molecule has 2 heterocycles. The van der Waals surface area contributed by atoms with Gasteiger partial charge in [0.05, 0.1) is 28.3 Å². The Balaban J connectivity index is 1.50. The molecule has 0 saturated heterocycles. The Morgan fingerprint density at radius 1 is 1.25 bits per heavy atom. The number of aromatic nitrogens is 4. The maximum atomic E-state index is 13.1. The lowest BCUT2D eigenvalue weighted by Crippen LogP contribution is -2.35. The van der Waals surface area contributed by atoms with Crippen LogP contribution in [0.4, 0.5) is 13.2 Å². The van der Waals surface area contributed by atoms with Crippen LogP contribution in [-0.2, 0) is 18.4 Å². The zero-order valence-electron chi connectivity index (χ0n) is 17.7. The van der Waals surface area contributed by atoms with Gasteiger partial charge >= 0.3 is 6.36 Å². The zero-order valence-corrected chi connectivity index (χ0v) is 17.7. The van der Waals surface area contributed by atoms with E-state index in [1.165, 1.54) is 24.3 Å². The summed E-state index contributed by atoms with van der Waals surface area (Å²) >= 11 is 0. The lowest BCUT2D eigenvalue weighted by molar-refractivity contribution is -0.274. The number of hydrogen-bond acceptors (Lipinski definition) is 5. The number of aryl methyl sites for hydroxylation is 2. The van der Waals surface area contributed by atoms with Crippen molar-refractivity contribution in [2.24, 2.45) is 7.05 Å². The molecule has 4 rings (SSSR count). The number of nitrogens with zero attached hydrogens (tertiary/aromatic N) is 4. The average molecular weight is 449 g/mol. The predicted molar refractivity (Wildman–Crippen MR) is 109 cm³/mol. The summed E-state index contributed by atoms with van der Waals surface area (Å²) in [6.07, 6.45) is -2.80. The third-order valence-electron chi connectivity index (χ3n) is 5.38. The first-order chi connectivity index (χ1) is 15.0. The maximum absolute atomic E-state index is 13.1. The molecular weight excluding hydrogens is 427 g/mol. The number of alkyl halides is 3. The molecule has 32 heavy (non-hydrogen) atoms. The Bertz CT molecular complexity index is 1230. The minimum atomic E-state index is -4.77. The van der Waals surface area contributed by atoms with Crippen LogP contribution in [0.2, 0.25) is 0 Å². The van der Waals surface area contributed by atoms with E-state index in [2.05, 4.69) is 20.3 Å². The highest BCUT2D eigenvalue weighted by atomic mass is 19.4. The molecule has 8 nitrogen and oxygen atoms in total. The predicted octanol–water partition coefficient (Wildman–Crippen LogP) is 3.09. The van der Waals surface area contributed by atoms with E-state index in [9.17, 15) is 22.8 Å². The first-order valence-corrected chi connectivity index (χ1v) is 10.1. The van der Waals surface area contributed by atoms with Crippen LogP contribution < -0.4 is 15.6 Å². The van der Waals surface area contributed by atoms with Crippen LogP contribution in [0.15, 0.2) is 29.1 Å². The fraction of sp³-hybridized carbons (Fsp3) is 0.429. The topological polar surface area (TPSA) is 91.0 Å². The van der Waals surface area contributed by atoms with E-state index in [4.69, 9.17) is 0 Å². The highest BCUT2D eigenvalue weighted by Gasteiger charge is 2.32. The van der Waals surface area contributed by atoms with Crippen LogP contribution in [0.25, 0.3) is 10.9 Å². The lowest BCUT2D eigenvalue weighted by atomic mass is 10.1. The molecule has 0 bridgehead atoms. The largest absolute Gasteiger partial charge is 0.573 e. The fourth-order valence-corrected chi connectivity index (χ4v) is 3.79. The summed E-state index contributed by atoms with van der Waals surface area (Å²) in [5.74, 6) is -0.527. The maximum Gasteiger partial charge on any atom is 0.573 e. The van der Waals surface area contributed by atoms with Crippen molar-refractivity contribution >= 4 is 16.8 Å². The molecule has 11 heteroatoms.